The van der Waals surface area contributed by atoms with Crippen molar-refractivity contribution >= 4 is 29.9 Å². The number of hydrogen-bond donors (Lipinski definition) is 1. The van der Waals surface area contributed by atoms with E-state index in [9.17, 15) is 0 Å². The molecule has 0 aromatic rings. The minimum atomic E-state index is 0. The molecule has 0 radical (unpaired) electrons. The lowest BCUT2D eigenvalue weighted by Gasteiger charge is -2.33. The Kier molecular flexibility index (Phi) is 9.71. The number of likely N-dealkylation sites (tertiary alicyclic amines) is 1. The van der Waals surface area contributed by atoms with Gasteiger partial charge in [-0.05, 0) is 43.9 Å². The van der Waals surface area contributed by atoms with Crippen molar-refractivity contribution in [2.45, 2.75) is 57.8 Å². The third-order valence-electron chi connectivity index (χ3n) is 5.17. The first kappa shape index (κ1) is 20.0. The van der Waals surface area contributed by atoms with Crippen molar-refractivity contribution in [2.24, 2.45) is 10.4 Å². The van der Waals surface area contributed by atoms with Gasteiger partial charge in [0.1, 0.15) is 0 Å². The van der Waals surface area contributed by atoms with Crippen LogP contribution in [0.4, 0.5) is 0 Å². The van der Waals surface area contributed by atoms with Gasteiger partial charge in [-0.25, -0.2) is 0 Å². The first-order chi connectivity index (χ1) is 10.3. The minimum Gasteiger partial charge on any atom is -0.385 e. The van der Waals surface area contributed by atoms with Crippen LogP contribution in [0.2, 0.25) is 0 Å². The predicted octanol–water partition coefficient (Wildman–Crippen LogP) is 3.65. The van der Waals surface area contributed by atoms with Gasteiger partial charge in [0, 0.05) is 40.4 Å². The molecule has 130 valence electrons. The number of nitrogens with one attached hydrogen (secondary N) is 1. The largest absolute Gasteiger partial charge is 0.385 e. The summed E-state index contributed by atoms with van der Waals surface area (Å²) in [6.45, 7) is 4.31. The van der Waals surface area contributed by atoms with Gasteiger partial charge in [-0.3, -0.25) is 4.99 Å². The fourth-order valence-electron chi connectivity index (χ4n) is 3.91. The molecule has 2 rings (SSSR count). The van der Waals surface area contributed by atoms with Gasteiger partial charge in [-0.15, -0.1) is 24.0 Å². The van der Waals surface area contributed by atoms with Gasteiger partial charge >= 0.3 is 0 Å². The van der Waals surface area contributed by atoms with Crippen LogP contribution >= 0.6 is 24.0 Å². The number of nitrogens with zero attached hydrogens (tertiary/aromatic N) is 2. The van der Waals surface area contributed by atoms with Gasteiger partial charge in [0.05, 0.1) is 0 Å². The summed E-state index contributed by atoms with van der Waals surface area (Å²) in [6.07, 6.45) is 12.1. The summed E-state index contributed by atoms with van der Waals surface area (Å²) in [5.74, 6) is 1.11. The maximum Gasteiger partial charge on any atom is 0.193 e. The number of hydrogen-bond acceptors (Lipinski definition) is 2. The summed E-state index contributed by atoms with van der Waals surface area (Å²) in [7, 11) is 3.69. The predicted molar refractivity (Wildman–Crippen MR) is 104 cm³/mol. The minimum absolute atomic E-state index is 0. The lowest BCUT2D eigenvalue weighted by molar-refractivity contribution is 0.192. The molecule has 2 fully saturated rings. The third-order valence-corrected chi connectivity index (χ3v) is 5.17. The Morgan fingerprint density at radius 2 is 1.91 bits per heavy atom. The first-order valence-corrected chi connectivity index (χ1v) is 8.74. The van der Waals surface area contributed by atoms with Crippen LogP contribution < -0.4 is 5.32 Å². The van der Waals surface area contributed by atoms with Crippen molar-refractivity contribution in [3.05, 3.63) is 0 Å². The zero-order valence-electron chi connectivity index (χ0n) is 14.4. The van der Waals surface area contributed by atoms with E-state index in [4.69, 9.17) is 4.74 Å². The summed E-state index contributed by atoms with van der Waals surface area (Å²) in [5, 5.41) is 3.55. The summed E-state index contributed by atoms with van der Waals surface area (Å²) in [4.78, 5) is 6.98. The number of unbranched alkanes of at least 4 members (excludes halogenated alkanes) is 2. The van der Waals surface area contributed by atoms with Crippen LogP contribution in [0, 0.1) is 5.41 Å². The first-order valence-electron chi connectivity index (χ1n) is 8.74. The highest BCUT2D eigenvalue weighted by molar-refractivity contribution is 14.0. The van der Waals surface area contributed by atoms with Crippen molar-refractivity contribution in [3.8, 4) is 0 Å². The molecule has 4 nitrogen and oxygen atoms in total. The highest BCUT2D eigenvalue weighted by atomic mass is 127. The van der Waals surface area contributed by atoms with Crippen LogP contribution in [-0.4, -0.2) is 51.3 Å². The third kappa shape index (κ3) is 5.87. The van der Waals surface area contributed by atoms with Crippen LogP contribution in [0.5, 0.6) is 0 Å². The molecule has 0 aromatic heterocycles. The fraction of sp³-hybridized carbons (Fsp3) is 0.941. The second-order valence-electron chi connectivity index (χ2n) is 6.76. The summed E-state index contributed by atoms with van der Waals surface area (Å²) in [6, 6.07) is 0. The van der Waals surface area contributed by atoms with Crippen molar-refractivity contribution in [1.82, 2.24) is 10.2 Å². The van der Waals surface area contributed by atoms with Gasteiger partial charge in [-0.2, -0.15) is 0 Å². The van der Waals surface area contributed by atoms with Gasteiger partial charge in [-0.1, -0.05) is 19.3 Å². The molecule has 22 heavy (non-hydrogen) atoms. The Morgan fingerprint density at radius 3 is 2.59 bits per heavy atom. The molecule has 0 amide bonds. The molecular weight excluding hydrogens is 389 g/mol. The lowest BCUT2D eigenvalue weighted by atomic mass is 9.73. The van der Waals surface area contributed by atoms with E-state index in [1.54, 1.807) is 7.11 Å². The summed E-state index contributed by atoms with van der Waals surface area (Å²) >= 11 is 0. The van der Waals surface area contributed by atoms with Crippen molar-refractivity contribution in [3.63, 3.8) is 0 Å². The maximum atomic E-state index is 5.08. The van der Waals surface area contributed by atoms with E-state index in [1.165, 1.54) is 64.5 Å². The van der Waals surface area contributed by atoms with Crippen molar-refractivity contribution in [1.29, 1.82) is 0 Å². The van der Waals surface area contributed by atoms with Crippen LogP contribution in [0.3, 0.4) is 0 Å². The molecule has 2 aliphatic rings. The van der Waals surface area contributed by atoms with Gasteiger partial charge in [0.15, 0.2) is 5.96 Å². The van der Waals surface area contributed by atoms with Crippen LogP contribution in [-0.2, 0) is 4.74 Å². The SMILES string of the molecule is CN=C(NCCCCCOC)N1CCC2(CCCCC2)C1.I. The van der Waals surface area contributed by atoms with Crippen molar-refractivity contribution < 1.29 is 4.74 Å². The molecule has 0 unspecified atom stereocenters. The molecule has 1 aliphatic carbocycles. The normalized spacial score (nSPS) is 21.0. The molecule has 1 spiro atoms. The summed E-state index contributed by atoms with van der Waals surface area (Å²) < 4.78 is 5.08. The molecule has 0 atom stereocenters. The molecule has 1 N–H and O–H groups in total. The van der Waals surface area contributed by atoms with Gasteiger partial charge in [0.2, 0.25) is 0 Å². The molecule has 0 bridgehead atoms. The zero-order valence-corrected chi connectivity index (χ0v) is 16.7. The Balaban J connectivity index is 0.00000242. The maximum absolute atomic E-state index is 5.08. The lowest BCUT2D eigenvalue weighted by Crippen LogP contribution is -2.42. The van der Waals surface area contributed by atoms with Gasteiger partial charge in [0.25, 0.3) is 0 Å². The van der Waals surface area contributed by atoms with E-state index in [0.717, 1.165) is 25.5 Å². The molecule has 1 saturated carbocycles. The molecule has 1 heterocycles. The topological polar surface area (TPSA) is 36.9 Å². The van der Waals surface area contributed by atoms with Gasteiger partial charge < -0.3 is 15.0 Å². The van der Waals surface area contributed by atoms with E-state index in [0.29, 0.717) is 5.41 Å². The highest BCUT2D eigenvalue weighted by Crippen LogP contribution is 2.43. The molecule has 0 aromatic carbocycles. The Morgan fingerprint density at radius 1 is 1.14 bits per heavy atom. The molecular formula is C17H34IN3O. The van der Waals surface area contributed by atoms with E-state index in [2.05, 4.69) is 15.2 Å². The number of guanidine groups is 1. The van der Waals surface area contributed by atoms with E-state index in [1.807, 2.05) is 7.05 Å². The van der Waals surface area contributed by atoms with Crippen molar-refractivity contribution in [2.75, 3.05) is 40.4 Å². The second-order valence-corrected chi connectivity index (χ2v) is 6.76. The number of methoxy groups -OCH3 is 1. The fourth-order valence-corrected chi connectivity index (χ4v) is 3.91. The number of halogens is 1. The molecule has 1 aliphatic heterocycles. The Labute approximate surface area is 153 Å². The Bertz CT molecular complexity index is 330. The number of ether oxygens (including phenoxy) is 1. The van der Waals surface area contributed by atoms with E-state index in [-0.39, 0.29) is 24.0 Å². The molecule has 5 heteroatoms. The Hall–Kier alpha value is -0.0400. The van der Waals surface area contributed by atoms with Crippen LogP contribution in [0.1, 0.15) is 57.8 Å². The van der Waals surface area contributed by atoms with E-state index < -0.39 is 0 Å². The number of rotatable bonds is 6. The highest BCUT2D eigenvalue weighted by Gasteiger charge is 2.39. The quantitative estimate of drug-likeness (QED) is 0.307. The number of aliphatic imine (C=N–C) groups is 1. The second kappa shape index (κ2) is 10.7. The zero-order chi connectivity index (χ0) is 15.0. The smallest absolute Gasteiger partial charge is 0.193 e. The van der Waals surface area contributed by atoms with Crippen LogP contribution in [0.25, 0.3) is 0 Å². The average molecular weight is 423 g/mol. The average Bonchev–Trinajstić information content (AvgIpc) is 2.91. The molecule has 1 saturated heterocycles. The monoisotopic (exact) mass is 423 g/mol. The standard InChI is InChI=1S/C17H33N3O.HI/c1-18-16(19-12-7-4-8-14-21-2)20-13-11-17(15-20)9-5-3-6-10-17;/h3-15H2,1-2H3,(H,18,19);1H. The van der Waals surface area contributed by atoms with Crippen LogP contribution in [0.15, 0.2) is 4.99 Å². The summed E-state index contributed by atoms with van der Waals surface area (Å²) in [5.41, 5.74) is 0.605. The van der Waals surface area contributed by atoms with E-state index >= 15 is 0 Å².